The van der Waals surface area contributed by atoms with Crippen LogP contribution in [0.3, 0.4) is 0 Å². The molecule has 4 heterocycles. The number of rotatable bonds is 5. The summed E-state index contributed by atoms with van der Waals surface area (Å²) in [5.74, 6) is 1.48. The number of phenolic OH excluding ortho intramolecular Hbond substituents is 1. The van der Waals surface area contributed by atoms with Gasteiger partial charge in [-0.1, -0.05) is 11.3 Å². The lowest BCUT2D eigenvalue weighted by molar-refractivity contribution is 0.298. The second kappa shape index (κ2) is 7.02. The number of hydrogen-bond donors (Lipinski definition) is 1. The molecule has 0 saturated carbocycles. The van der Waals surface area contributed by atoms with E-state index in [0.29, 0.717) is 22.3 Å². The topological polar surface area (TPSA) is 94.7 Å². The molecule has 144 valence electrons. The number of hydrogen-bond acceptors (Lipinski definition) is 8. The van der Waals surface area contributed by atoms with Gasteiger partial charge in [-0.25, -0.2) is 4.98 Å². The first-order chi connectivity index (χ1) is 14.2. The Kier molecular flexibility index (Phi) is 4.21. The number of nitrogens with zero attached hydrogens (tertiary/aromatic N) is 5. The molecule has 9 heteroatoms. The quantitative estimate of drug-likeness (QED) is 0.476. The van der Waals surface area contributed by atoms with Crippen molar-refractivity contribution in [2.24, 2.45) is 0 Å². The second-order valence-electron chi connectivity index (χ2n) is 6.26. The fourth-order valence-electron chi connectivity index (χ4n) is 3.05. The van der Waals surface area contributed by atoms with E-state index in [1.165, 1.54) is 11.3 Å². The summed E-state index contributed by atoms with van der Waals surface area (Å²) in [6, 6.07) is 10.6. The van der Waals surface area contributed by atoms with Crippen molar-refractivity contribution in [3.05, 3.63) is 60.0 Å². The van der Waals surface area contributed by atoms with E-state index < -0.39 is 0 Å². The molecule has 0 aliphatic heterocycles. The van der Waals surface area contributed by atoms with Crippen molar-refractivity contribution in [2.45, 2.75) is 6.61 Å². The van der Waals surface area contributed by atoms with E-state index in [2.05, 4.69) is 20.2 Å². The zero-order chi connectivity index (χ0) is 19.8. The van der Waals surface area contributed by atoms with E-state index in [4.69, 9.17) is 9.47 Å². The van der Waals surface area contributed by atoms with Crippen LogP contribution in [0.1, 0.15) is 5.82 Å². The molecule has 0 bridgehead atoms. The Morgan fingerprint density at radius 2 is 2.07 bits per heavy atom. The molecule has 5 aromatic rings. The largest absolute Gasteiger partial charge is 0.508 e. The minimum absolute atomic E-state index is 0.164. The van der Waals surface area contributed by atoms with Gasteiger partial charge in [0.15, 0.2) is 11.5 Å². The molecule has 0 radical (unpaired) electrons. The summed E-state index contributed by atoms with van der Waals surface area (Å²) >= 11 is 1.44. The Balaban J connectivity index is 1.46. The molecule has 0 aliphatic carbocycles. The lowest BCUT2D eigenvalue weighted by Crippen LogP contribution is -2.02. The van der Waals surface area contributed by atoms with Gasteiger partial charge in [-0.05, 0) is 30.3 Å². The Morgan fingerprint density at radius 1 is 1.14 bits per heavy atom. The number of aromatic nitrogens is 5. The molecule has 1 N–H and O–H groups in total. The van der Waals surface area contributed by atoms with Gasteiger partial charge in [-0.2, -0.15) is 0 Å². The van der Waals surface area contributed by atoms with E-state index >= 15 is 0 Å². The van der Waals surface area contributed by atoms with E-state index in [1.54, 1.807) is 37.6 Å². The smallest absolute Gasteiger partial charge is 0.273 e. The fourth-order valence-corrected chi connectivity index (χ4v) is 3.70. The molecule has 1 aromatic carbocycles. The number of benzene rings is 1. The molecule has 0 spiro atoms. The highest BCUT2D eigenvalue weighted by molar-refractivity contribution is 7.11. The van der Waals surface area contributed by atoms with Crippen molar-refractivity contribution in [1.29, 1.82) is 0 Å². The van der Waals surface area contributed by atoms with Gasteiger partial charge in [0, 0.05) is 34.8 Å². The predicted octanol–water partition coefficient (Wildman–Crippen LogP) is 3.69. The average Bonchev–Trinajstić information content (AvgIpc) is 3.38. The average molecular weight is 405 g/mol. The summed E-state index contributed by atoms with van der Waals surface area (Å²) in [5, 5.41) is 21.5. The third-order valence-electron chi connectivity index (χ3n) is 4.47. The van der Waals surface area contributed by atoms with Crippen LogP contribution >= 0.6 is 11.3 Å². The number of thiazole rings is 1. The molecule has 0 atom stereocenters. The van der Waals surface area contributed by atoms with Crippen molar-refractivity contribution in [2.75, 3.05) is 7.11 Å². The van der Waals surface area contributed by atoms with Crippen molar-refractivity contribution >= 4 is 27.9 Å². The van der Waals surface area contributed by atoms with Crippen LogP contribution < -0.4 is 9.47 Å². The zero-order valence-electron chi connectivity index (χ0n) is 15.3. The van der Waals surface area contributed by atoms with E-state index in [-0.39, 0.29) is 12.4 Å². The zero-order valence-corrected chi connectivity index (χ0v) is 16.1. The summed E-state index contributed by atoms with van der Waals surface area (Å²) < 4.78 is 13.1. The molecular weight excluding hydrogens is 390 g/mol. The molecule has 0 fully saturated rings. The van der Waals surface area contributed by atoms with Gasteiger partial charge in [0.2, 0.25) is 0 Å². The number of fused-ring (bicyclic) bond motifs is 2. The van der Waals surface area contributed by atoms with Crippen molar-refractivity contribution in [3.8, 4) is 28.0 Å². The van der Waals surface area contributed by atoms with Crippen LogP contribution in [0.15, 0.2) is 54.2 Å². The summed E-state index contributed by atoms with van der Waals surface area (Å²) in [4.78, 5) is 8.70. The van der Waals surface area contributed by atoms with Gasteiger partial charge in [0.05, 0.1) is 18.3 Å². The van der Waals surface area contributed by atoms with E-state index in [9.17, 15) is 5.11 Å². The van der Waals surface area contributed by atoms with Gasteiger partial charge in [-0.3, -0.25) is 9.38 Å². The molecular formula is C20H15N5O3S. The molecule has 0 amide bonds. The standard InChI is InChI=1S/C20H15N5O3S/c1-27-20-22-16(11-29-20)12-2-5-18-23-24-19(25(18)9-12)10-28-17-6-7-21-15-8-13(26)3-4-14(15)17/h2-9,11,26H,10H2,1H3. The predicted molar refractivity (Wildman–Crippen MR) is 108 cm³/mol. The van der Waals surface area contributed by atoms with Crippen LogP contribution in [0.2, 0.25) is 0 Å². The van der Waals surface area contributed by atoms with Crippen LogP contribution in [0, 0.1) is 0 Å². The van der Waals surface area contributed by atoms with Crippen molar-refractivity contribution in [1.82, 2.24) is 24.6 Å². The number of pyridine rings is 2. The number of phenols is 1. The van der Waals surface area contributed by atoms with Crippen LogP contribution in [0.4, 0.5) is 0 Å². The van der Waals surface area contributed by atoms with Crippen LogP contribution in [0.25, 0.3) is 27.8 Å². The lowest BCUT2D eigenvalue weighted by Gasteiger charge is -2.08. The van der Waals surface area contributed by atoms with Crippen LogP contribution in [-0.4, -0.2) is 36.8 Å². The maximum atomic E-state index is 9.64. The van der Waals surface area contributed by atoms with Gasteiger partial charge in [0.25, 0.3) is 5.19 Å². The normalized spacial score (nSPS) is 11.2. The van der Waals surface area contributed by atoms with Gasteiger partial charge in [0.1, 0.15) is 18.1 Å². The Morgan fingerprint density at radius 3 is 2.93 bits per heavy atom. The second-order valence-corrected chi connectivity index (χ2v) is 7.08. The number of methoxy groups -OCH3 is 1. The van der Waals surface area contributed by atoms with E-state index in [0.717, 1.165) is 22.3 Å². The highest BCUT2D eigenvalue weighted by atomic mass is 32.1. The monoisotopic (exact) mass is 405 g/mol. The summed E-state index contributed by atoms with van der Waals surface area (Å²) in [7, 11) is 1.60. The summed E-state index contributed by atoms with van der Waals surface area (Å²) in [5.41, 5.74) is 3.14. The third-order valence-corrected chi connectivity index (χ3v) is 5.27. The van der Waals surface area contributed by atoms with Crippen molar-refractivity contribution in [3.63, 3.8) is 0 Å². The third kappa shape index (κ3) is 3.21. The lowest BCUT2D eigenvalue weighted by atomic mass is 10.2. The first-order valence-electron chi connectivity index (χ1n) is 8.75. The minimum atomic E-state index is 0.164. The molecule has 8 nitrogen and oxygen atoms in total. The number of aromatic hydroxyl groups is 1. The molecule has 0 unspecified atom stereocenters. The maximum absolute atomic E-state index is 9.64. The highest BCUT2D eigenvalue weighted by Crippen LogP contribution is 2.28. The Labute approximate surface area is 169 Å². The maximum Gasteiger partial charge on any atom is 0.273 e. The van der Waals surface area contributed by atoms with Crippen molar-refractivity contribution < 1.29 is 14.6 Å². The minimum Gasteiger partial charge on any atom is -0.508 e. The molecule has 0 aliphatic rings. The number of ether oxygens (including phenoxy) is 2. The van der Waals surface area contributed by atoms with Crippen LogP contribution in [-0.2, 0) is 6.61 Å². The highest BCUT2D eigenvalue weighted by Gasteiger charge is 2.11. The Bertz CT molecular complexity index is 1330. The molecule has 29 heavy (non-hydrogen) atoms. The molecule has 4 aromatic heterocycles. The van der Waals surface area contributed by atoms with E-state index in [1.807, 2.05) is 28.1 Å². The van der Waals surface area contributed by atoms with Gasteiger partial charge < -0.3 is 14.6 Å². The Hall–Kier alpha value is -3.72. The summed E-state index contributed by atoms with van der Waals surface area (Å²) in [6.45, 7) is 0.227. The molecule has 5 rings (SSSR count). The van der Waals surface area contributed by atoms with Gasteiger partial charge in [-0.15, -0.1) is 10.2 Å². The first-order valence-corrected chi connectivity index (χ1v) is 9.63. The SMILES string of the molecule is COc1nc(-c2ccc3nnc(COc4ccnc5cc(O)ccc45)n3c2)cs1. The molecule has 0 saturated heterocycles. The van der Waals surface area contributed by atoms with Crippen LogP contribution in [0.5, 0.6) is 16.7 Å². The summed E-state index contributed by atoms with van der Waals surface area (Å²) in [6.07, 6.45) is 3.58. The van der Waals surface area contributed by atoms with Gasteiger partial charge >= 0.3 is 0 Å². The fraction of sp³-hybridized carbons (Fsp3) is 0.100. The first kappa shape index (κ1) is 17.4.